The third-order valence-electron chi connectivity index (χ3n) is 3.21. The highest BCUT2D eigenvalue weighted by molar-refractivity contribution is 5.71. The van der Waals surface area contributed by atoms with Crippen molar-refractivity contribution >= 4 is 5.97 Å². The zero-order chi connectivity index (χ0) is 12.6. The quantitative estimate of drug-likeness (QED) is 0.586. The van der Waals surface area contributed by atoms with Crippen molar-refractivity contribution in [3.05, 3.63) is 0 Å². The van der Waals surface area contributed by atoms with Crippen molar-refractivity contribution < 1.29 is 9.53 Å². The lowest BCUT2D eigenvalue weighted by atomic mass is 9.87. The summed E-state index contributed by atoms with van der Waals surface area (Å²) in [6.45, 7) is 8.74. The van der Waals surface area contributed by atoms with Gasteiger partial charge in [0, 0.05) is 0 Å². The molecule has 0 aliphatic rings. The van der Waals surface area contributed by atoms with E-state index in [9.17, 15) is 4.79 Å². The number of rotatable bonds is 8. The Bertz CT molecular complexity index is 189. The molecule has 0 aliphatic heterocycles. The van der Waals surface area contributed by atoms with E-state index in [0.29, 0.717) is 5.92 Å². The lowest BCUT2D eigenvalue weighted by molar-refractivity contribution is -0.145. The van der Waals surface area contributed by atoms with Gasteiger partial charge in [-0.05, 0) is 24.7 Å². The Hall–Kier alpha value is -0.530. The van der Waals surface area contributed by atoms with E-state index in [1.54, 1.807) is 0 Å². The molecule has 0 saturated heterocycles. The van der Waals surface area contributed by atoms with E-state index in [4.69, 9.17) is 4.74 Å². The molecule has 0 N–H and O–H groups in total. The molecule has 0 fully saturated rings. The number of methoxy groups -OCH3 is 1. The maximum atomic E-state index is 11.3. The summed E-state index contributed by atoms with van der Waals surface area (Å²) in [4.78, 5) is 11.3. The lowest BCUT2D eigenvalue weighted by Crippen LogP contribution is -2.16. The largest absolute Gasteiger partial charge is 0.469 e. The third kappa shape index (κ3) is 6.86. The third-order valence-corrected chi connectivity index (χ3v) is 3.21. The molecule has 16 heavy (non-hydrogen) atoms. The van der Waals surface area contributed by atoms with Gasteiger partial charge in [0.2, 0.25) is 0 Å². The average molecular weight is 228 g/mol. The number of hydrogen-bond acceptors (Lipinski definition) is 2. The van der Waals surface area contributed by atoms with Crippen LogP contribution < -0.4 is 0 Å². The van der Waals surface area contributed by atoms with E-state index in [1.165, 1.54) is 32.8 Å². The van der Waals surface area contributed by atoms with Gasteiger partial charge in [0.1, 0.15) is 0 Å². The fourth-order valence-electron chi connectivity index (χ4n) is 2.35. The van der Waals surface area contributed by atoms with Crippen LogP contribution in [-0.4, -0.2) is 13.1 Å². The van der Waals surface area contributed by atoms with Gasteiger partial charge in [-0.1, -0.05) is 47.0 Å². The van der Waals surface area contributed by atoms with E-state index in [2.05, 4.69) is 20.8 Å². The summed E-state index contributed by atoms with van der Waals surface area (Å²) in [6, 6.07) is 0. The second-order valence-electron chi connectivity index (χ2n) is 5.25. The van der Waals surface area contributed by atoms with Crippen molar-refractivity contribution in [1.82, 2.24) is 0 Å². The highest BCUT2D eigenvalue weighted by Gasteiger charge is 2.18. The van der Waals surface area contributed by atoms with Crippen molar-refractivity contribution in [3.8, 4) is 0 Å². The fraction of sp³-hybridized carbons (Fsp3) is 0.929. The molecule has 0 rings (SSSR count). The predicted octanol–water partition coefficient (Wildman–Crippen LogP) is 4.04. The molecule has 0 amide bonds. The molecular formula is C14H28O2. The number of carbonyl (C=O) groups is 1. The summed E-state index contributed by atoms with van der Waals surface area (Å²) in [6.07, 6.45) is 6.08. The average Bonchev–Trinajstić information content (AvgIpc) is 2.24. The minimum Gasteiger partial charge on any atom is -0.469 e. The number of hydrogen-bond donors (Lipinski definition) is 0. The van der Waals surface area contributed by atoms with Crippen molar-refractivity contribution in [1.29, 1.82) is 0 Å². The Morgan fingerprint density at radius 2 is 1.75 bits per heavy atom. The van der Waals surface area contributed by atoms with Crippen LogP contribution in [0.15, 0.2) is 0 Å². The van der Waals surface area contributed by atoms with E-state index in [-0.39, 0.29) is 11.9 Å². The monoisotopic (exact) mass is 228 g/mol. The first-order chi connectivity index (χ1) is 7.51. The van der Waals surface area contributed by atoms with Gasteiger partial charge < -0.3 is 4.74 Å². The van der Waals surface area contributed by atoms with Crippen LogP contribution in [0.25, 0.3) is 0 Å². The molecule has 0 saturated carbocycles. The van der Waals surface area contributed by atoms with Gasteiger partial charge >= 0.3 is 5.97 Å². The molecule has 0 unspecified atom stereocenters. The van der Waals surface area contributed by atoms with Crippen LogP contribution in [0.4, 0.5) is 0 Å². The van der Waals surface area contributed by atoms with Crippen LogP contribution in [0.3, 0.4) is 0 Å². The summed E-state index contributed by atoms with van der Waals surface area (Å²) in [7, 11) is 1.47. The molecule has 2 nitrogen and oxygen atoms in total. The van der Waals surface area contributed by atoms with E-state index >= 15 is 0 Å². The molecule has 0 bridgehead atoms. The standard InChI is InChI=1S/C14H28O2/c1-6-7-8-11(2)9-12(3)10-13(4)14(15)16-5/h11-13H,6-10H2,1-5H3/t11-,12-,13+/m0/s1. The van der Waals surface area contributed by atoms with Crippen LogP contribution in [-0.2, 0) is 9.53 Å². The van der Waals surface area contributed by atoms with Gasteiger partial charge in [-0.2, -0.15) is 0 Å². The molecular weight excluding hydrogens is 200 g/mol. The van der Waals surface area contributed by atoms with E-state index in [1.807, 2.05) is 6.92 Å². The van der Waals surface area contributed by atoms with Gasteiger partial charge in [-0.25, -0.2) is 0 Å². The van der Waals surface area contributed by atoms with Gasteiger partial charge in [-0.15, -0.1) is 0 Å². The molecule has 0 aromatic heterocycles. The first-order valence-electron chi connectivity index (χ1n) is 6.59. The predicted molar refractivity (Wildman–Crippen MR) is 68.3 cm³/mol. The zero-order valence-corrected chi connectivity index (χ0v) is 11.6. The highest BCUT2D eigenvalue weighted by atomic mass is 16.5. The summed E-state index contributed by atoms with van der Waals surface area (Å²) < 4.78 is 4.74. The Kier molecular flexibility index (Phi) is 8.32. The van der Waals surface area contributed by atoms with Gasteiger partial charge in [0.25, 0.3) is 0 Å². The molecule has 0 aromatic rings. The second-order valence-corrected chi connectivity index (χ2v) is 5.25. The second kappa shape index (κ2) is 8.60. The topological polar surface area (TPSA) is 26.3 Å². The zero-order valence-electron chi connectivity index (χ0n) is 11.6. The van der Waals surface area contributed by atoms with Crippen LogP contribution in [0.1, 0.15) is 59.8 Å². The van der Waals surface area contributed by atoms with Crippen LogP contribution in [0.5, 0.6) is 0 Å². The smallest absolute Gasteiger partial charge is 0.308 e. The van der Waals surface area contributed by atoms with Crippen molar-refractivity contribution in [2.45, 2.75) is 59.8 Å². The molecule has 0 spiro atoms. The molecule has 0 radical (unpaired) electrons. The first-order valence-corrected chi connectivity index (χ1v) is 6.59. The minimum absolute atomic E-state index is 0.0402. The molecule has 0 aliphatic carbocycles. The molecule has 0 heterocycles. The number of carbonyl (C=O) groups excluding carboxylic acids is 1. The number of ether oxygens (including phenoxy) is 1. The summed E-state index contributed by atoms with van der Waals surface area (Å²) in [5.41, 5.74) is 0. The summed E-state index contributed by atoms with van der Waals surface area (Å²) in [5, 5.41) is 0. The SMILES string of the molecule is CCCC[C@H](C)C[C@H](C)C[C@@H](C)C(=O)OC. The van der Waals surface area contributed by atoms with Crippen LogP contribution in [0, 0.1) is 17.8 Å². The lowest BCUT2D eigenvalue weighted by Gasteiger charge is -2.19. The Morgan fingerprint density at radius 3 is 2.25 bits per heavy atom. The molecule has 3 atom stereocenters. The van der Waals surface area contributed by atoms with E-state index in [0.717, 1.165) is 12.3 Å². The van der Waals surface area contributed by atoms with Crippen LogP contribution in [0.2, 0.25) is 0 Å². The van der Waals surface area contributed by atoms with Gasteiger partial charge in [-0.3, -0.25) is 4.79 Å². The number of esters is 1. The Balaban J connectivity index is 3.79. The van der Waals surface area contributed by atoms with Crippen molar-refractivity contribution in [2.75, 3.05) is 7.11 Å². The van der Waals surface area contributed by atoms with Gasteiger partial charge in [0.05, 0.1) is 13.0 Å². The number of unbranched alkanes of at least 4 members (excludes halogenated alkanes) is 1. The fourth-order valence-corrected chi connectivity index (χ4v) is 2.35. The maximum absolute atomic E-state index is 11.3. The molecule has 96 valence electrons. The Labute approximate surface area is 101 Å². The summed E-state index contributed by atoms with van der Waals surface area (Å²) in [5.74, 6) is 1.35. The minimum atomic E-state index is -0.0759. The molecule has 0 aromatic carbocycles. The van der Waals surface area contributed by atoms with Crippen LogP contribution >= 0.6 is 0 Å². The van der Waals surface area contributed by atoms with Crippen molar-refractivity contribution in [2.24, 2.45) is 17.8 Å². The maximum Gasteiger partial charge on any atom is 0.308 e. The first kappa shape index (κ1) is 15.5. The summed E-state index contributed by atoms with van der Waals surface area (Å²) >= 11 is 0. The highest BCUT2D eigenvalue weighted by Crippen LogP contribution is 2.23. The van der Waals surface area contributed by atoms with Crippen molar-refractivity contribution in [3.63, 3.8) is 0 Å². The molecule has 2 heteroatoms. The Morgan fingerprint density at radius 1 is 1.12 bits per heavy atom. The normalized spacial score (nSPS) is 16.6. The van der Waals surface area contributed by atoms with Gasteiger partial charge in [0.15, 0.2) is 0 Å². The van der Waals surface area contributed by atoms with E-state index < -0.39 is 0 Å².